The number of hydrogen-bond donors (Lipinski definition) is 0. The van der Waals surface area contributed by atoms with Crippen molar-refractivity contribution in [3.63, 3.8) is 0 Å². The highest BCUT2D eigenvalue weighted by atomic mass is 15.1. The molecule has 2 heteroatoms. The standard InChI is InChI=1S/C66H50N2/c1-4-14-50(15-5-1)51-31-33-53(34-32-51)63-44-55-17-11-10-16-54(55)43-62(63)52-29-24-47(25-30-52)22-23-49-27-36-56(67-46-49)35-26-48-28-38-60-61-39-37-59(45-65(61)66(64(60)42-48)40-12-13-41-66)68(57-18-6-2-7-19-57)58-20-8-3-9-21-58/h1-11,14-39,42-46H,12-13,40-41H2/b23-22+,35-26+. The molecule has 1 aromatic heterocycles. The summed E-state index contributed by atoms with van der Waals surface area (Å²) in [5.41, 5.74) is 21.0. The summed E-state index contributed by atoms with van der Waals surface area (Å²) in [6, 6.07) is 81.7. The average molecular weight is 871 g/mol. The lowest BCUT2D eigenvalue weighted by molar-refractivity contribution is 0.550. The molecule has 1 saturated carbocycles. The fraction of sp³-hybridized carbons (Fsp3) is 0.0758. The minimum Gasteiger partial charge on any atom is -0.310 e. The van der Waals surface area contributed by atoms with E-state index in [-0.39, 0.29) is 5.41 Å². The third kappa shape index (κ3) is 7.84. The molecule has 9 aromatic carbocycles. The van der Waals surface area contributed by atoms with Gasteiger partial charge < -0.3 is 4.90 Å². The van der Waals surface area contributed by atoms with Crippen molar-refractivity contribution in [1.29, 1.82) is 0 Å². The Hall–Kier alpha value is -8.33. The van der Waals surface area contributed by atoms with Crippen LogP contribution in [0.15, 0.2) is 231 Å². The van der Waals surface area contributed by atoms with Crippen LogP contribution in [0.4, 0.5) is 17.1 Å². The van der Waals surface area contributed by atoms with Crippen molar-refractivity contribution < 1.29 is 0 Å². The molecule has 0 atom stereocenters. The van der Waals surface area contributed by atoms with Gasteiger partial charge in [-0.15, -0.1) is 0 Å². The van der Waals surface area contributed by atoms with E-state index in [4.69, 9.17) is 4.98 Å². The molecule has 2 aliphatic rings. The van der Waals surface area contributed by atoms with Crippen LogP contribution in [-0.2, 0) is 5.41 Å². The van der Waals surface area contributed by atoms with E-state index in [0.29, 0.717) is 0 Å². The zero-order valence-corrected chi connectivity index (χ0v) is 38.0. The fourth-order valence-corrected chi connectivity index (χ4v) is 10.8. The molecule has 0 saturated heterocycles. The van der Waals surface area contributed by atoms with Crippen molar-refractivity contribution in [3.05, 3.63) is 264 Å². The number of benzene rings is 9. The van der Waals surface area contributed by atoms with Crippen molar-refractivity contribution in [2.75, 3.05) is 4.90 Å². The Morgan fingerprint density at radius 1 is 0.353 bits per heavy atom. The van der Waals surface area contributed by atoms with Gasteiger partial charge in [0.05, 0.1) is 5.69 Å². The largest absolute Gasteiger partial charge is 0.310 e. The predicted octanol–water partition coefficient (Wildman–Crippen LogP) is 17.9. The third-order valence-electron chi connectivity index (χ3n) is 14.2. The Kier molecular flexibility index (Phi) is 10.8. The molecular weight excluding hydrogens is 821 g/mol. The van der Waals surface area contributed by atoms with E-state index in [0.717, 1.165) is 16.8 Å². The molecule has 0 amide bonds. The van der Waals surface area contributed by atoms with Crippen LogP contribution in [-0.4, -0.2) is 4.98 Å². The van der Waals surface area contributed by atoms with Gasteiger partial charge in [-0.3, -0.25) is 4.98 Å². The minimum absolute atomic E-state index is 0.0331. The molecule has 0 N–H and O–H groups in total. The fourth-order valence-electron chi connectivity index (χ4n) is 10.8. The van der Waals surface area contributed by atoms with Crippen molar-refractivity contribution >= 4 is 52.1 Å². The van der Waals surface area contributed by atoms with Crippen molar-refractivity contribution in [3.8, 4) is 44.5 Å². The first-order valence-corrected chi connectivity index (χ1v) is 24.0. The first-order chi connectivity index (χ1) is 33.6. The Balaban J connectivity index is 0.761. The number of aromatic nitrogens is 1. The quantitative estimate of drug-likeness (QED) is 0.136. The molecule has 0 bridgehead atoms. The second kappa shape index (κ2) is 17.8. The first-order valence-electron chi connectivity index (χ1n) is 24.0. The predicted molar refractivity (Wildman–Crippen MR) is 288 cm³/mol. The number of pyridine rings is 1. The summed E-state index contributed by atoms with van der Waals surface area (Å²) < 4.78 is 0. The summed E-state index contributed by atoms with van der Waals surface area (Å²) in [4.78, 5) is 7.24. The van der Waals surface area contributed by atoms with Crippen molar-refractivity contribution in [2.45, 2.75) is 31.1 Å². The van der Waals surface area contributed by atoms with Crippen LogP contribution in [0.25, 0.3) is 79.6 Å². The van der Waals surface area contributed by atoms with Crippen LogP contribution in [0.5, 0.6) is 0 Å². The van der Waals surface area contributed by atoms with Crippen molar-refractivity contribution in [2.24, 2.45) is 0 Å². The van der Waals surface area contributed by atoms with E-state index in [1.165, 1.54) is 115 Å². The smallest absolute Gasteiger partial charge is 0.0630 e. The molecular formula is C66H50N2. The van der Waals surface area contributed by atoms with E-state index in [1.807, 2.05) is 6.20 Å². The van der Waals surface area contributed by atoms with E-state index >= 15 is 0 Å². The third-order valence-corrected chi connectivity index (χ3v) is 14.2. The summed E-state index contributed by atoms with van der Waals surface area (Å²) in [5.74, 6) is 0. The van der Waals surface area contributed by atoms with Crippen LogP contribution in [0.2, 0.25) is 0 Å². The van der Waals surface area contributed by atoms with Crippen LogP contribution >= 0.6 is 0 Å². The molecule has 0 unspecified atom stereocenters. The lowest BCUT2D eigenvalue weighted by atomic mass is 9.76. The molecule has 10 aromatic rings. The molecule has 0 radical (unpaired) electrons. The Morgan fingerprint density at radius 2 is 0.838 bits per heavy atom. The second-order valence-electron chi connectivity index (χ2n) is 18.3. The monoisotopic (exact) mass is 870 g/mol. The van der Waals surface area contributed by atoms with Gasteiger partial charge in [0.1, 0.15) is 0 Å². The van der Waals surface area contributed by atoms with Gasteiger partial charge in [-0.1, -0.05) is 201 Å². The number of rotatable bonds is 10. The normalized spacial score (nSPS) is 13.6. The van der Waals surface area contributed by atoms with Crippen molar-refractivity contribution in [1.82, 2.24) is 4.98 Å². The van der Waals surface area contributed by atoms with Crippen LogP contribution in [0.3, 0.4) is 0 Å². The van der Waals surface area contributed by atoms with Gasteiger partial charge in [-0.05, 0) is 157 Å². The summed E-state index contributed by atoms with van der Waals surface area (Å²) in [7, 11) is 0. The van der Waals surface area contributed by atoms with Gasteiger partial charge in [0.15, 0.2) is 0 Å². The Morgan fingerprint density at radius 3 is 1.46 bits per heavy atom. The van der Waals surface area contributed by atoms with E-state index in [9.17, 15) is 0 Å². The van der Waals surface area contributed by atoms with Gasteiger partial charge in [0.25, 0.3) is 0 Å². The summed E-state index contributed by atoms with van der Waals surface area (Å²) in [5, 5.41) is 2.48. The number of hydrogen-bond acceptors (Lipinski definition) is 2. The number of fused-ring (bicyclic) bond motifs is 6. The van der Waals surface area contributed by atoms with E-state index < -0.39 is 0 Å². The maximum Gasteiger partial charge on any atom is 0.0630 e. The molecule has 1 fully saturated rings. The van der Waals surface area contributed by atoms with Crippen LogP contribution < -0.4 is 4.90 Å². The lowest BCUT2D eigenvalue weighted by Crippen LogP contribution is -2.21. The highest BCUT2D eigenvalue weighted by Gasteiger charge is 2.45. The van der Waals surface area contributed by atoms with Gasteiger partial charge in [0.2, 0.25) is 0 Å². The maximum atomic E-state index is 4.85. The SMILES string of the molecule is C(=C\c1ccc(/C=C/c2ccc3c(c2)C2(CCCC2)c2cc(N(c4ccccc4)c4ccccc4)ccc2-3)nc1)/c1ccc(-c2cc3ccccc3cc2-c2ccc(-c3ccccc3)cc2)cc1. The average Bonchev–Trinajstić information content (AvgIpc) is 4.01. The molecule has 324 valence electrons. The molecule has 68 heavy (non-hydrogen) atoms. The Bertz CT molecular complexity index is 3410. The highest BCUT2D eigenvalue weighted by Crippen LogP contribution is 2.58. The van der Waals surface area contributed by atoms with Gasteiger partial charge in [-0.25, -0.2) is 0 Å². The first kappa shape index (κ1) is 41.1. The maximum absolute atomic E-state index is 4.85. The Labute approximate surface area is 399 Å². The zero-order chi connectivity index (χ0) is 45.3. The molecule has 0 aliphatic heterocycles. The summed E-state index contributed by atoms with van der Waals surface area (Å²) >= 11 is 0. The minimum atomic E-state index is 0.0331. The summed E-state index contributed by atoms with van der Waals surface area (Å²) in [6.45, 7) is 0. The van der Waals surface area contributed by atoms with Crippen LogP contribution in [0, 0.1) is 0 Å². The molecule has 1 spiro atoms. The van der Waals surface area contributed by atoms with E-state index in [2.05, 4.69) is 254 Å². The molecule has 2 nitrogen and oxygen atoms in total. The highest BCUT2D eigenvalue weighted by molar-refractivity contribution is 5.97. The molecule has 1 heterocycles. The van der Waals surface area contributed by atoms with E-state index in [1.54, 1.807) is 0 Å². The van der Waals surface area contributed by atoms with Gasteiger partial charge in [-0.2, -0.15) is 0 Å². The topological polar surface area (TPSA) is 16.1 Å². The number of anilines is 3. The van der Waals surface area contributed by atoms with Gasteiger partial charge in [0, 0.05) is 28.7 Å². The molecule has 2 aliphatic carbocycles. The molecule has 12 rings (SSSR count). The van der Waals surface area contributed by atoms with Crippen LogP contribution in [0.1, 0.15) is 59.2 Å². The number of nitrogens with zero attached hydrogens (tertiary/aromatic N) is 2. The summed E-state index contributed by atoms with van der Waals surface area (Å²) in [6.07, 6.45) is 15.5. The number of para-hydroxylation sites is 2. The lowest BCUT2D eigenvalue weighted by Gasteiger charge is -2.30. The van der Waals surface area contributed by atoms with Gasteiger partial charge >= 0.3 is 0 Å². The zero-order valence-electron chi connectivity index (χ0n) is 38.0. The second-order valence-corrected chi connectivity index (χ2v) is 18.3.